The number of benzene rings is 2. The Hall–Kier alpha value is -1.66. The number of morpholine rings is 2. The highest BCUT2D eigenvalue weighted by molar-refractivity contribution is 9.10. The molecular weight excluding hydrogens is 563 g/mol. The summed E-state index contributed by atoms with van der Waals surface area (Å²) in [5.74, 6) is 1.81. The first kappa shape index (κ1) is 30.3. The van der Waals surface area contributed by atoms with E-state index in [0.29, 0.717) is 6.61 Å². The van der Waals surface area contributed by atoms with Gasteiger partial charge in [0.15, 0.2) is 0 Å². The summed E-state index contributed by atoms with van der Waals surface area (Å²) in [5.41, 5.74) is 1.14. The summed E-state index contributed by atoms with van der Waals surface area (Å²) in [4.78, 5) is 4.73. The molecule has 2 aromatic rings. The van der Waals surface area contributed by atoms with E-state index in [1.165, 1.54) is 0 Å². The molecule has 0 N–H and O–H groups in total. The van der Waals surface area contributed by atoms with Gasteiger partial charge >= 0.3 is 7.12 Å². The monoisotopic (exact) mass is 604 g/mol. The van der Waals surface area contributed by atoms with Crippen molar-refractivity contribution in [2.24, 2.45) is 5.41 Å². The van der Waals surface area contributed by atoms with Gasteiger partial charge in [-0.2, -0.15) is 0 Å². The van der Waals surface area contributed by atoms with Crippen LogP contribution in [0.4, 0.5) is 0 Å². The van der Waals surface area contributed by atoms with Crippen molar-refractivity contribution in [2.45, 2.75) is 13.8 Å². The fraction of sp³-hybridized carbons (Fsp3) is 0.586. The molecule has 0 spiro atoms. The number of rotatable bonds is 9. The van der Waals surface area contributed by atoms with Crippen LogP contribution >= 0.6 is 15.9 Å². The third kappa shape index (κ3) is 11.0. The third-order valence-electron chi connectivity index (χ3n) is 6.78. The average Bonchev–Trinajstić information content (AvgIpc) is 2.96. The summed E-state index contributed by atoms with van der Waals surface area (Å²) < 4.78 is 34.8. The van der Waals surface area contributed by atoms with Crippen LogP contribution in [0.5, 0.6) is 11.5 Å². The van der Waals surface area contributed by atoms with E-state index in [-0.39, 0.29) is 12.5 Å². The first-order valence-corrected chi connectivity index (χ1v) is 14.7. The summed E-state index contributed by atoms with van der Waals surface area (Å²) in [7, 11) is -0.259. The third-order valence-corrected chi connectivity index (χ3v) is 7.31. The van der Waals surface area contributed by atoms with Gasteiger partial charge in [-0.15, -0.1) is 0 Å². The Kier molecular flexibility index (Phi) is 12.4. The lowest BCUT2D eigenvalue weighted by Crippen LogP contribution is -2.47. The molecule has 8 nitrogen and oxygen atoms in total. The minimum atomic E-state index is -0.259. The van der Waals surface area contributed by atoms with Crippen molar-refractivity contribution in [3.05, 3.63) is 53.0 Å². The first-order chi connectivity index (χ1) is 19.0. The Morgan fingerprint density at radius 1 is 0.718 bits per heavy atom. The van der Waals surface area contributed by atoms with Gasteiger partial charge in [0, 0.05) is 62.4 Å². The predicted molar refractivity (Wildman–Crippen MR) is 157 cm³/mol. The zero-order valence-corrected chi connectivity index (χ0v) is 24.9. The quantitative estimate of drug-likeness (QED) is 0.404. The lowest BCUT2D eigenvalue weighted by molar-refractivity contribution is 0.0321. The number of halogens is 1. The van der Waals surface area contributed by atoms with Crippen LogP contribution in [0.25, 0.3) is 0 Å². The van der Waals surface area contributed by atoms with Gasteiger partial charge in [-0.25, -0.2) is 0 Å². The number of ether oxygens (including phenoxy) is 4. The van der Waals surface area contributed by atoms with Crippen LogP contribution in [0.1, 0.15) is 13.8 Å². The molecule has 10 heteroatoms. The van der Waals surface area contributed by atoms with Gasteiger partial charge < -0.3 is 28.3 Å². The zero-order valence-electron chi connectivity index (χ0n) is 23.3. The topological polar surface area (TPSA) is 61.9 Å². The molecule has 39 heavy (non-hydrogen) atoms. The summed E-state index contributed by atoms with van der Waals surface area (Å²) in [6.07, 6.45) is 0. The van der Waals surface area contributed by atoms with E-state index >= 15 is 0 Å². The molecule has 0 unspecified atom stereocenters. The highest BCUT2D eigenvalue weighted by Gasteiger charge is 2.33. The van der Waals surface area contributed by atoms with Gasteiger partial charge in [-0.1, -0.05) is 41.9 Å². The maximum absolute atomic E-state index is 5.82. The molecule has 0 atom stereocenters. The lowest BCUT2D eigenvalue weighted by atomic mass is 9.76. The van der Waals surface area contributed by atoms with Crippen molar-refractivity contribution in [1.29, 1.82) is 0 Å². The number of hydrogen-bond acceptors (Lipinski definition) is 8. The maximum atomic E-state index is 5.82. The Morgan fingerprint density at radius 2 is 1.15 bits per heavy atom. The molecule has 3 aliphatic rings. The zero-order chi connectivity index (χ0) is 27.3. The van der Waals surface area contributed by atoms with Crippen molar-refractivity contribution < 1.29 is 28.3 Å². The smallest absolute Gasteiger partial charge is 0.492 e. The van der Waals surface area contributed by atoms with Crippen LogP contribution in [0, 0.1) is 5.41 Å². The van der Waals surface area contributed by atoms with E-state index < -0.39 is 0 Å². The molecule has 214 valence electrons. The lowest BCUT2D eigenvalue weighted by Gasteiger charge is -2.33. The van der Waals surface area contributed by atoms with Crippen molar-refractivity contribution in [2.75, 3.05) is 92.1 Å². The standard InChI is InChI=1S/C17H26BNO4.C12H16BrNO2/c1-17(2)13-22-18(23-14-17)15-3-5-16(6-4-15)21-12-9-19-7-10-20-11-8-19;13-11-1-3-12(4-2-11)16-10-7-14-5-8-15-9-6-14/h3-6H,7-14H2,1-2H3;1-4H,5-10H2. The summed E-state index contributed by atoms with van der Waals surface area (Å²) >= 11 is 3.40. The van der Waals surface area contributed by atoms with E-state index in [1.807, 2.05) is 48.5 Å². The van der Waals surface area contributed by atoms with Crippen molar-refractivity contribution in [3.63, 3.8) is 0 Å². The molecule has 0 aromatic heterocycles. The summed E-state index contributed by atoms with van der Waals surface area (Å²) in [6.45, 7) is 16.4. The molecule has 0 amide bonds. The van der Waals surface area contributed by atoms with Crippen LogP contribution in [0.15, 0.2) is 53.0 Å². The molecule has 3 saturated heterocycles. The normalized spacial score (nSPS) is 20.1. The SMILES string of the molecule is Brc1ccc(OCCN2CCOCC2)cc1.CC1(C)COB(c2ccc(OCCN3CCOCC3)cc2)OC1. The molecule has 2 aromatic carbocycles. The molecular formula is C29H42BBrN2O6. The minimum absolute atomic E-state index is 0.0963. The highest BCUT2D eigenvalue weighted by atomic mass is 79.9. The van der Waals surface area contributed by atoms with Gasteiger partial charge in [0.05, 0.1) is 26.4 Å². The summed E-state index contributed by atoms with van der Waals surface area (Å²) in [5, 5.41) is 0. The van der Waals surface area contributed by atoms with E-state index in [2.05, 4.69) is 39.6 Å². The molecule has 0 bridgehead atoms. The minimum Gasteiger partial charge on any atom is -0.492 e. The van der Waals surface area contributed by atoms with Gasteiger partial charge in [-0.05, 0) is 41.9 Å². The Bertz CT molecular complexity index is 943. The average molecular weight is 605 g/mol. The molecule has 0 saturated carbocycles. The largest absolute Gasteiger partial charge is 0.493 e. The van der Waals surface area contributed by atoms with E-state index in [0.717, 1.165) is 107 Å². The van der Waals surface area contributed by atoms with Crippen molar-refractivity contribution >= 4 is 28.5 Å². The summed E-state index contributed by atoms with van der Waals surface area (Å²) in [6, 6.07) is 15.9. The first-order valence-electron chi connectivity index (χ1n) is 13.9. The van der Waals surface area contributed by atoms with E-state index in [9.17, 15) is 0 Å². The van der Waals surface area contributed by atoms with Crippen LogP contribution in [-0.4, -0.2) is 109 Å². The molecule has 3 heterocycles. The second kappa shape index (κ2) is 16.0. The second-order valence-electron chi connectivity index (χ2n) is 10.7. The van der Waals surface area contributed by atoms with Crippen molar-refractivity contribution in [3.8, 4) is 11.5 Å². The van der Waals surface area contributed by atoms with Crippen LogP contribution in [0.3, 0.4) is 0 Å². The fourth-order valence-corrected chi connectivity index (χ4v) is 4.64. The second-order valence-corrected chi connectivity index (χ2v) is 11.7. The van der Waals surface area contributed by atoms with E-state index in [1.54, 1.807) is 0 Å². The van der Waals surface area contributed by atoms with Gasteiger partial charge in [-0.3, -0.25) is 9.80 Å². The Balaban J connectivity index is 0.000000193. The Labute approximate surface area is 242 Å². The maximum Gasteiger partial charge on any atom is 0.493 e. The fourth-order valence-electron chi connectivity index (χ4n) is 4.37. The molecule has 0 aliphatic carbocycles. The molecule has 5 rings (SSSR count). The predicted octanol–water partition coefficient (Wildman–Crippen LogP) is 3.33. The van der Waals surface area contributed by atoms with Gasteiger partial charge in [0.2, 0.25) is 0 Å². The molecule has 3 aliphatic heterocycles. The highest BCUT2D eigenvalue weighted by Crippen LogP contribution is 2.21. The molecule has 0 radical (unpaired) electrons. The Morgan fingerprint density at radius 3 is 1.62 bits per heavy atom. The van der Waals surface area contributed by atoms with Gasteiger partial charge in [0.1, 0.15) is 24.7 Å². The molecule has 3 fully saturated rings. The van der Waals surface area contributed by atoms with Gasteiger partial charge in [0.25, 0.3) is 0 Å². The number of nitrogens with zero attached hydrogens (tertiary/aromatic N) is 2. The van der Waals surface area contributed by atoms with Crippen LogP contribution < -0.4 is 14.9 Å². The van der Waals surface area contributed by atoms with Crippen molar-refractivity contribution in [1.82, 2.24) is 9.80 Å². The van der Waals surface area contributed by atoms with Crippen LogP contribution in [-0.2, 0) is 18.8 Å². The van der Waals surface area contributed by atoms with E-state index in [4.69, 9.17) is 28.3 Å². The van der Waals surface area contributed by atoms with Crippen LogP contribution in [0.2, 0.25) is 0 Å². The number of hydrogen-bond donors (Lipinski definition) is 0.